The minimum Gasteiger partial charge on any atom is -0.328 e. The number of hydrogen-bond acceptors (Lipinski definition) is 5. The maximum atomic E-state index is 13.3. The molecule has 0 unspecified atom stereocenters. The molecule has 6 nitrogen and oxygen atoms in total. The highest BCUT2D eigenvalue weighted by atomic mass is 19.1. The first-order valence-corrected chi connectivity index (χ1v) is 9.19. The molecule has 2 aromatic heterocycles. The van der Waals surface area contributed by atoms with Gasteiger partial charge < -0.3 is 9.47 Å². The Labute approximate surface area is 158 Å². The summed E-state index contributed by atoms with van der Waals surface area (Å²) in [5.74, 6) is -0.253. The van der Waals surface area contributed by atoms with E-state index in [1.54, 1.807) is 24.7 Å². The van der Waals surface area contributed by atoms with Crippen molar-refractivity contribution in [2.24, 2.45) is 0 Å². The van der Waals surface area contributed by atoms with Crippen molar-refractivity contribution in [3.8, 4) is 22.6 Å². The summed E-state index contributed by atoms with van der Waals surface area (Å²) in [4.78, 5) is 17.9. The van der Waals surface area contributed by atoms with Gasteiger partial charge in [-0.3, -0.25) is 4.90 Å². The Kier molecular flexibility index (Phi) is 5.22. The van der Waals surface area contributed by atoms with E-state index >= 15 is 0 Å². The zero-order valence-electron chi connectivity index (χ0n) is 15.4. The number of likely N-dealkylation sites (N-methyl/N-ethyl adjacent to an activating group) is 1. The van der Waals surface area contributed by atoms with Crippen LogP contribution in [0.2, 0.25) is 0 Å². The topological polar surface area (TPSA) is 50.1 Å². The van der Waals surface area contributed by atoms with Crippen molar-refractivity contribution in [1.29, 1.82) is 0 Å². The molecule has 3 heterocycles. The number of hydrogen-bond donors (Lipinski definition) is 0. The van der Waals surface area contributed by atoms with Crippen LogP contribution in [-0.2, 0) is 6.54 Å². The molecule has 0 bridgehead atoms. The molecule has 0 atom stereocenters. The molecular formula is C20H23FN6. The third-order valence-corrected chi connectivity index (χ3v) is 5.03. The molecule has 1 aliphatic rings. The average molecular weight is 366 g/mol. The van der Waals surface area contributed by atoms with Gasteiger partial charge in [-0.25, -0.2) is 19.3 Å². The van der Waals surface area contributed by atoms with Crippen molar-refractivity contribution in [3.05, 3.63) is 55.0 Å². The molecule has 1 saturated heterocycles. The van der Waals surface area contributed by atoms with Crippen LogP contribution in [0.4, 0.5) is 4.39 Å². The minimum absolute atomic E-state index is 0.253. The second kappa shape index (κ2) is 7.94. The van der Waals surface area contributed by atoms with E-state index in [9.17, 15) is 4.39 Å². The Morgan fingerprint density at radius 2 is 1.74 bits per heavy atom. The Bertz CT molecular complexity index is 869. The summed E-state index contributed by atoms with van der Waals surface area (Å²) in [6.45, 7) is 6.16. The molecule has 1 aromatic carbocycles. The molecule has 0 aliphatic carbocycles. The molecule has 1 aliphatic heterocycles. The van der Waals surface area contributed by atoms with Crippen LogP contribution in [0.15, 0.2) is 49.2 Å². The van der Waals surface area contributed by atoms with Gasteiger partial charge in [-0.2, -0.15) is 0 Å². The van der Waals surface area contributed by atoms with Crippen molar-refractivity contribution in [1.82, 2.24) is 29.3 Å². The summed E-state index contributed by atoms with van der Waals surface area (Å²) < 4.78 is 15.5. The van der Waals surface area contributed by atoms with Crippen LogP contribution in [0.3, 0.4) is 0 Å². The molecule has 27 heavy (non-hydrogen) atoms. The summed E-state index contributed by atoms with van der Waals surface area (Å²) in [6.07, 6.45) is 5.13. The predicted octanol–water partition coefficient (Wildman–Crippen LogP) is 2.39. The van der Waals surface area contributed by atoms with Crippen molar-refractivity contribution in [2.75, 3.05) is 39.8 Å². The Morgan fingerprint density at radius 3 is 2.44 bits per heavy atom. The van der Waals surface area contributed by atoms with Gasteiger partial charge in [0.25, 0.3) is 0 Å². The smallest absolute Gasteiger partial charge is 0.123 e. The molecular weight excluding hydrogens is 343 g/mol. The fourth-order valence-corrected chi connectivity index (χ4v) is 3.39. The Balaban J connectivity index is 1.62. The van der Waals surface area contributed by atoms with E-state index in [1.807, 2.05) is 12.4 Å². The number of rotatable bonds is 5. The standard InChI is InChI=1S/C20H23FN6/c1-25-8-10-26(11-9-25)12-13-27-15-24-19(16-2-4-17(21)5-3-16)20(27)18-6-7-22-14-23-18/h2-7,14-15H,8-13H2,1H3. The highest BCUT2D eigenvalue weighted by Crippen LogP contribution is 2.30. The molecule has 140 valence electrons. The van der Waals surface area contributed by atoms with Crippen LogP contribution in [-0.4, -0.2) is 69.1 Å². The van der Waals surface area contributed by atoms with Crippen molar-refractivity contribution < 1.29 is 4.39 Å². The normalized spacial score (nSPS) is 15.9. The van der Waals surface area contributed by atoms with E-state index in [0.717, 1.165) is 61.9 Å². The molecule has 0 radical (unpaired) electrons. The van der Waals surface area contributed by atoms with E-state index in [2.05, 4.69) is 36.4 Å². The quantitative estimate of drug-likeness (QED) is 0.694. The second-order valence-corrected chi connectivity index (χ2v) is 6.88. The maximum Gasteiger partial charge on any atom is 0.123 e. The third-order valence-electron chi connectivity index (χ3n) is 5.03. The average Bonchev–Trinajstić information content (AvgIpc) is 3.13. The number of imidazole rings is 1. The molecule has 7 heteroatoms. The summed E-state index contributed by atoms with van der Waals surface area (Å²) in [5, 5.41) is 0. The SMILES string of the molecule is CN1CCN(CCn2cnc(-c3ccc(F)cc3)c2-c2ccncn2)CC1. The van der Waals surface area contributed by atoms with E-state index in [4.69, 9.17) is 0 Å². The van der Waals surface area contributed by atoms with Crippen LogP contribution in [0.5, 0.6) is 0 Å². The summed E-state index contributed by atoms with van der Waals surface area (Å²) in [5.41, 5.74) is 3.45. The second-order valence-electron chi connectivity index (χ2n) is 6.88. The van der Waals surface area contributed by atoms with Gasteiger partial charge in [-0.05, 0) is 37.4 Å². The Morgan fingerprint density at radius 1 is 0.963 bits per heavy atom. The van der Waals surface area contributed by atoms with E-state index in [1.165, 1.54) is 12.1 Å². The van der Waals surface area contributed by atoms with Crippen LogP contribution in [0, 0.1) is 5.82 Å². The van der Waals surface area contributed by atoms with E-state index < -0.39 is 0 Å². The first-order chi connectivity index (χ1) is 13.2. The number of aromatic nitrogens is 4. The van der Waals surface area contributed by atoms with Crippen LogP contribution >= 0.6 is 0 Å². The van der Waals surface area contributed by atoms with Gasteiger partial charge in [0, 0.05) is 51.0 Å². The van der Waals surface area contributed by atoms with E-state index in [-0.39, 0.29) is 5.82 Å². The monoisotopic (exact) mass is 366 g/mol. The molecule has 0 spiro atoms. The maximum absolute atomic E-state index is 13.3. The lowest BCUT2D eigenvalue weighted by Crippen LogP contribution is -2.45. The number of piperazine rings is 1. The van der Waals surface area contributed by atoms with Crippen LogP contribution < -0.4 is 0 Å². The lowest BCUT2D eigenvalue weighted by atomic mass is 10.1. The van der Waals surface area contributed by atoms with E-state index in [0.29, 0.717) is 0 Å². The molecule has 3 aromatic rings. The van der Waals surface area contributed by atoms with Gasteiger partial charge in [0.1, 0.15) is 12.1 Å². The van der Waals surface area contributed by atoms with Gasteiger partial charge in [0.2, 0.25) is 0 Å². The van der Waals surface area contributed by atoms with Gasteiger partial charge >= 0.3 is 0 Å². The fourth-order valence-electron chi connectivity index (χ4n) is 3.39. The predicted molar refractivity (Wildman–Crippen MR) is 103 cm³/mol. The van der Waals surface area contributed by atoms with Crippen LogP contribution in [0.25, 0.3) is 22.6 Å². The highest BCUT2D eigenvalue weighted by molar-refractivity contribution is 5.76. The zero-order valence-corrected chi connectivity index (χ0v) is 15.4. The minimum atomic E-state index is -0.253. The molecule has 1 fully saturated rings. The van der Waals surface area contributed by atoms with Crippen LogP contribution in [0.1, 0.15) is 0 Å². The van der Waals surface area contributed by atoms with Gasteiger partial charge in [-0.1, -0.05) is 0 Å². The van der Waals surface area contributed by atoms with Crippen molar-refractivity contribution in [3.63, 3.8) is 0 Å². The number of benzene rings is 1. The molecule has 0 saturated carbocycles. The summed E-state index contributed by atoms with van der Waals surface area (Å²) in [6, 6.07) is 8.32. The van der Waals surface area contributed by atoms with Gasteiger partial charge in [0.15, 0.2) is 0 Å². The third kappa shape index (κ3) is 4.04. The molecule has 0 amide bonds. The van der Waals surface area contributed by atoms with Gasteiger partial charge in [0.05, 0.1) is 23.4 Å². The largest absolute Gasteiger partial charge is 0.328 e. The lowest BCUT2D eigenvalue weighted by molar-refractivity contribution is 0.150. The first kappa shape index (κ1) is 17.8. The molecule has 0 N–H and O–H groups in total. The van der Waals surface area contributed by atoms with Crippen molar-refractivity contribution >= 4 is 0 Å². The number of halogens is 1. The lowest BCUT2D eigenvalue weighted by Gasteiger charge is -2.32. The first-order valence-electron chi connectivity index (χ1n) is 9.19. The highest BCUT2D eigenvalue weighted by Gasteiger charge is 2.18. The zero-order chi connectivity index (χ0) is 18.6. The number of nitrogens with zero attached hydrogens (tertiary/aromatic N) is 6. The van der Waals surface area contributed by atoms with Gasteiger partial charge in [-0.15, -0.1) is 0 Å². The Hall–Kier alpha value is -2.64. The fraction of sp³-hybridized carbons (Fsp3) is 0.350. The summed E-state index contributed by atoms with van der Waals surface area (Å²) in [7, 11) is 2.16. The molecule has 4 rings (SSSR count). The summed E-state index contributed by atoms with van der Waals surface area (Å²) >= 11 is 0. The van der Waals surface area contributed by atoms with Crippen molar-refractivity contribution in [2.45, 2.75) is 6.54 Å².